The largest absolute Gasteiger partial charge is 0.366 e. The van der Waals surface area contributed by atoms with Gasteiger partial charge in [0.15, 0.2) is 0 Å². The fraction of sp³-hybridized carbons (Fsp3) is 0.636. The Kier molecular flexibility index (Phi) is 3.56. The van der Waals surface area contributed by atoms with Crippen LogP contribution in [0.3, 0.4) is 0 Å². The van der Waals surface area contributed by atoms with Gasteiger partial charge >= 0.3 is 0 Å². The summed E-state index contributed by atoms with van der Waals surface area (Å²) in [5, 5.41) is 2.79. The molecule has 0 saturated carbocycles. The molecule has 1 N–H and O–H groups in total. The van der Waals surface area contributed by atoms with E-state index in [1.54, 1.807) is 6.33 Å². The van der Waals surface area contributed by atoms with E-state index in [0.29, 0.717) is 19.6 Å². The minimum absolute atomic E-state index is 0.0312. The number of amides is 1. The molecule has 1 atom stereocenters. The van der Waals surface area contributed by atoms with Gasteiger partial charge in [0, 0.05) is 25.7 Å². The Morgan fingerprint density at radius 1 is 1.69 bits per heavy atom. The van der Waals surface area contributed by atoms with Crippen molar-refractivity contribution in [2.24, 2.45) is 0 Å². The highest BCUT2D eigenvalue weighted by molar-refractivity contribution is 5.81. The molecule has 0 aromatic carbocycles. The standard InChI is InChI=1S/C11H17N3O2/c1-2-4-14-7-9(13-8-14)6-10-11(15)12-3-5-16-10/h7-8,10H,2-6H2,1H3,(H,12,15). The van der Waals surface area contributed by atoms with E-state index in [2.05, 4.69) is 17.2 Å². The minimum Gasteiger partial charge on any atom is -0.366 e. The number of imidazole rings is 1. The minimum atomic E-state index is -0.376. The quantitative estimate of drug-likeness (QED) is 0.801. The summed E-state index contributed by atoms with van der Waals surface area (Å²) >= 11 is 0. The average Bonchev–Trinajstić information content (AvgIpc) is 2.70. The Balaban J connectivity index is 1.94. The Morgan fingerprint density at radius 3 is 3.31 bits per heavy atom. The van der Waals surface area contributed by atoms with Crippen LogP contribution in [0.15, 0.2) is 12.5 Å². The summed E-state index contributed by atoms with van der Waals surface area (Å²) in [5.74, 6) is -0.0312. The van der Waals surface area contributed by atoms with Crippen LogP contribution in [0.1, 0.15) is 19.0 Å². The fourth-order valence-corrected chi connectivity index (χ4v) is 1.80. The number of hydrogen-bond acceptors (Lipinski definition) is 3. The average molecular weight is 223 g/mol. The predicted molar refractivity (Wildman–Crippen MR) is 59.0 cm³/mol. The molecule has 1 fully saturated rings. The van der Waals surface area contributed by atoms with Gasteiger partial charge in [-0.1, -0.05) is 6.92 Å². The number of rotatable bonds is 4. The van der Waals surface area contributed by atoms with Crippen molar-refractivity contribution in [2.75, 3.05) is 13.2 Å². The molecule has 2 rings (SSSR count). The van der Waals surface area contributed by atoms with Gasteiger partial charge in [-0.3, -0.25) is 4.79 Å². The number of carbonyl (C=O) groups excluding carboxylic acids is 1. The molecule has 1 aromatic heterocycles. The molecule has 5 nitrogen and oxygen atoms in total. The Bertz CT molecular complexity index is 362. The third-order valence-electron chi connectivity index (χ3n) is 2.58. The maximum absolute atomic E-state index is 11.5. The summed E-state index contributed by atoms with van der Waals surface area (Å²) in [6.45, 7) is 4.29. The summed E-state index contributed by atoms with van der Waals surface area (Å²) in [6.07, 6.45) is 5.05. The molecule has 1 aliphatic rings. The van der Waals surface area contributed by atoms with Crippen molar-refractivity contribution in [3.8, 4) is 0 Å². The zero-order chi connectivity index (χ0) is 11.4. The van der Waals surface area contributed by atoms with Gasteiger partial charge in [0.25, 0.3) is 0 Å². The lowest BCUT2D eigenvalue weighted by Crippen LogP contribution is -2.45. The molecule has 1 aliphatic heterocycles. The lowest BCUT2D eigenvalue weighted by molar-refractivity contribution is -0.137. The number of ether oxygens (including phenoxy) is 1. The third-order valence-corrected chi connectivity index (χ3v) is 2.58. The number of nitrogens with zero attached hydrogens (tertiary/aromatic N) is 2. The Morgan fingerprint density at radius 2 is 2.56 bits per heavy atom. The second-order valence-electron chi connectivity index (χ2n) is 3.96. The van der Waals surface area contributed by atoms with Gasteiger partial charge in [-0.15, -0.1) is 0 Å². The first-order valence-electron chi connectivity index (χ1n) is 5.69. The molecule has 1 amide bonds. The summed E-state index contributed by atoms with van der Waals surface area (Å²) in [7, 11) is 0. The highest BCUT2D eigenvalue weighted by Crippen LogP contribution is 2.07. The first-order valence-corrected chi connectivity index (χ1v) is 5.69. The first-order chi connectivity index (χ1) is 7.79. The molecule has 5 heteroatoms. The van der Waals surface area contributed by atoms with Crippen LogP contribution in [0.25, 0.3) is 0 Å². The van der Waals surface area contributed by atoms with Crippen molar-refractivity contribution >= 4 is 5.91 Å². The highest BCUT2D eigenvalue weighted by Gasteiger charge is 2.23. The van der Waals surface area contributed by atoms with E-state index in [-0.39, 0.29) is 12.0 Å². The maximum atomic E-state index is 11.5. The van der Waals surface area contributed by atoms with Gasteiger partial charge in [-0.05, 0) is 6.42 Å². The van der Waals surface area contributed by atoms with Gasteiger partial charge in [0.05, 0.1) is 18.6 Å². The van der Waals surface area contributed by atoms with Crippen molar-refractivity contribution in [1.82, 2.24) is 14.9 Å². The number of morpholine rings is 1. The summed E-state index contributed by atoms with van der Waals surface area (Å²) in [4.78, 5) is 15.7. The van der Waals surface area contributed by atoms with E-state index < -0.39 is 0 Å². The number of carbonyl (C=O) groups is 1. The van der Waals surface area contributed by atoms with Crippen LogP contribution >= 0.6 is 0 Å². The topological polar surface area (TPSA) is 56.1 Å². The monoisotopic (exact) mass is 223 g/mol. The Hall–Kier alpha value is -1.36. The molecule has 1 aromatic rings. The molecule has 0 bridgehead atoms. The molecule has 2 heterocycles. The van der Waals surface area contributed by atoms with Crippen molar-refractivity contribution in [1.29, 1.82) is 0 Å². The lowest BCUT2D eigenvalue weighted by Gasteiger charge is -2.21. The predicted octanol–water partition coefficient (Wildman–Crippen LogP) is 0.351. The molecular weight excluding hydrogens is 206 g/mol. The summed E-state index contributed by atoms with van der Waals surface area (Å²) in [5.41, 5.74) is 0.913. The normalized spacial score (nSPS) is 20.8. The number of nitrogens with one attached hydrogen (secondary N) is 1. The van der Waals surface area contributed by atoms with Crippen molar-refractivity contribution in [2.45, 2.75) is 32.4 Å². The van der Waals surface area contributed by atoms with Gasteiger partial charge in [0.1, 0.15) is 6.10 Å². The van der Waals surface area contributed by atoms with Crippen LogP contribution in [0, 0.1) is 0 Å². The second kappa shape index (κ2) is 5.12. The first kappa shape index (κ1) is 11.1. The van der Waals surface area contributed by atoms with Gasteiger partial charge in [-0.2, -0.15) is 0 Å². The Labute approximate surface area is 94.8 Å². The van der Waals surface area contributed by atoms with Gasteiger partial charge in [-0.25, -0.2) is 4.98 Å². The molecule has 0 spiro atoms. The van der Waals surface area contributed by atoms with Crippen LogP contribution < -0.4 is 5.32 Å². The molecular formula is C11H17N3O2. The third kappa shape index (κ3) is 2.61. The zero-order valence-corrected chi connectivity index (χ0v) is 9.48. The van der Waals surface area contributed by atoms with Crippen LogP contribution in [-0.2, 0) is 22.5 Å². The van der Waals surface area contributed by atoms with E-state index in [1.165, 1.54) is 0 Å². The molecule has 1 saturated heterocycles. The molecule has 88 valence electrons. The van der Waals surface area contributed by atoms with Gasteiger partial charge in [0.2, 0.25) is 5.91 Å². The van der Waals surface area contributed by atoms with E-state index in [9.17, 15) is 4.79 Å². The van der Waals surface area contributed by atoms with Crippen LogP contribution in [0.4, 0.5) is 0 Å². The number of aromatic nitrogens is 2. The van der Waals surface area contributed by atoms with E-state index in [1.807, 2.05) is 10.8 Å². The van der Waals surface area contributed by atoms with Crippen LogP contribution in [0.5, 0.6) is 0 Å². The molecule has 1 unspecified atom stereocenters. The zero-order valence-electron chi connectivity index (χ0n) is 9.48. The second-order valence-corrected chi connectivity index (χ2v) is 3.96. The van der Waals surface area contributed by atoms with Crippen molar-refractivity contribution in [3.63, 3.8) is 0 Å². The van der Waals surface area contributed by atoms with Crippen LogP contribution in [0.2, 0.25) is 0 Å². The molecule has 0 radical (unpaired) electrons. The maximum Gasteiger partial charge on any atom is 0.249 e. The van der Waals surface area contributed by atoms with E-state index in [0.717, 1.165) is 18.7 Å². The van der Waals surface area contributed by atoms with E-state index >= 15 is 0 Å². The number of hydrogen-bond donors (Lipinski definition) is 1. The summed E-state index contributed by atoms with van der Waals surface area (Å²) in [6, 6.07) is 0. The number of aryl methyl sites for hydroxylation is 1. The fourth-order valence-electron chi connectivity index (χ4n) is 1.80. The summed E-state index contributed by atoms with van der Waals surface area (Å²) < 4.78 is 7.44. The smallest absolute Gasteiger partial charge is 0.249 e. The molecule has 16 heavy (non-hydrogen) atoms. The van der Waals surface area contributed by atoms with Crippen molar-refractivity contribution in [3.05, 3.63) is 18.2 Å². The van der Waals surface area contributed by atoms with E-state index in [4.69, 9.17) is 4.74 Å². The van der Waals surface area contributed by atoms with Crippen LogP contribution in [-0.4, -0.2) is 34.7 Å². The SMILES string of the molecule is CCCn1cnc(CC2OCCNC2=O)c1. The molecule has 0 aliphatic carbocycles. The van der Waals surface area contributed by atoms with Crippen molar-refractivity contribution < 1.29 is 9.53 Å². The lowest BCUT2D eigenvalue weighted by atomic mass is 10.2. The van der Waals surface area contributed by atoms with Gasteiger partial charge < -0.3 is 14.6 Å². The highest BCUT2D eigenvalue weighted by atomic mass is 16.5.